The van der Waals surface area contributed by atoms with E-state index in [0.717, 1.165) is 18.7 Å². The number of fused-ring (bicyclic) bond motifs is 1. The maximum absolute atomic E-state index is 12.5. The lowest BCUT2D eigenvalue weighted by Gasteiger charge is -2.26. The third-order valence-corrected chi connectivity index (χ3v) is 5.64. The molecule has 1 unspecified atom stereocenters. The molecule has 0 spiro atoms. The van der Waals surface area contributed by atoms with Gasteiger partial charge in [0.05, 0.1) is 12.6 Å². The minimum atomic E-state index is -0.0789. The number of piperidine rings is 1. The van der Waals surface area contributed by atoms with Crippen LogP contribution >= 0.6 is 0 Å². The summed E-state index contributed by atoms with van der Waals surface area (Å²) in [5.74, 6) is 0.160. The normalized spacial score (nSPS) is 21.0. The second-order valence-corrected chi connectivity index (χ2v) is 7.72. The number of hydrogen-bond donors (Lipinski definition) is 1. The molecule has 2 amide bonds. The van der Waals surface area contributed by atoms with E-state index >= 15 is 0 Å². The van der Waals surface area contributed by atoms with Crippen LogP contribution in [0, 0.1) is 0 Å². The van der Waals surface area contributed by atoms with Crippen LogP contribution < -0.4 is 5.32 Å². The summed E-state index contributed by atoms with van der Waals surface area (Å²) in [4.78, 5) is 28.9. The monoisotopic (exact) mass is 365 g/mol. The van der Waals surface area contributed by atoms with Crippen LogP contribution in [0.1, 0.15) is 31.2 Å². The van der Waals surface area contributed by atoms with Crippen LogP contribution in [-0.2, 0) is 16.1 Å². The summed E-state index contributed by atoms with van der Waals surface area (Å²) in [5, 5.41) is 5.44. The molecule has 5 nitrogen and oxygen atoms in total. The summed E-state index contributed by atoms with van der Waals surface area (Å²) < 4.78 is 0. The van der Waals surface area contributed by atoms with Crippen molar-refractivity contribution in [3.63, 3.8) is 0 Å². The molecule has 5 heteroatoms. The summed E-state index contributed by atoms with van der Waals surface area (Å²) in [7, 11) is 0. The molecule has 1 atom stereocenters. The highest BCUT2D eigenvalue weighted by Gasteiger charge is 2.31. The second-order valence-electron chi connectivity index (χ2n) is 7.72. The predicted molar refractivity (Wildman–Crippen MR) is 106 cm³/mol. The number of benzene rings is 2. The molecule has 2 fully saturated rings. The van der Waals surface area contributed by atoms with Crippen molar-refractivity contribution in [1.29, 1.82) is 0 Å². The molecule has 4 rings (SSSR count). The standard InChI is InChI=1S/C22H27N3O2/c26-21(16-24-11-4-1-5-12-24)23-19-13-22(27)25(15-19)14-18-9-6-8-17-7-2-3-10-20(17)18/h2-3,6-10,19H,1,4-5,11-16H2,(H,23,26). The highest BCUT2D eigenvalue weighted by atomic mass is 16.2. The van der Waals surface area contributed by atoms with Crippen molar-refractivity contribution >= 4 is 22.6 Å². The van der Waals surface area contributed by atoms with Crippen LogP contribution in [0.15, 0.2) is 42.5 Å². The molecule has 27 heavy (non-hydrogen) atoms. The van der Waals surface area contributed by atoms with Crippen LogP contribution in [0.25, 0.3) is 10.8 Å². The summed E-state index contributed by atoms with van der Waals surface area (Å²) >= 11 is 0. The Balaban J connectivity index is 1.35. The maximum Gasteiger partial charge on any atom is 0.234 e. The van der Waals surface area contributed by atoms with Crippen molar-refractivity contribution in [2.24, 2.45) is 0 Å². The van der Waals surface area contributed by atoms with Gasteiger partial charge in [-0.2, -0.15) is 0 Å². The Labute approximate surface area is 160 Å². The van der Waals surface area contributed by atoms with Gasteiger partial charge < -0.3 is 10.2 Å². The van der Waals surface area contributed by atoms with Gasteiger partial charge in [0.25, 0.3) is 0 Å². The van der Waals surface area contributed by atoms with Crippen LogP contribution in [0.3, 0.4) is 0 Å². The number of hydrogen-bond acceptors (Lipinski definition) is 3. The van der Waals surface area contributed by atoms with Gasteiger partial charge in [-0.3, -0.25) is 14.5 Å². The van der Waals surface area contributed by atoms with E-state index in [1.165, 1.54) is 30.0 Å². The number of nitrogens with zero attached hydrogens (tertiary/aromatic N) is 2. The second kappa shape index (κ2) is 8.09. The third kappa shape index (κ3) is 4.30. The van der Waals surface area contributed by atoms with Crippen molar-refractivity contribution < 1.29 is 9.59 Å². The fourth-order valence-corrected chi connectivity index (χ4v) is 4.25. The van der Waals surface area contributed by atoms with Gasteiger partial charge in [-0.15, -0.1) is 0 Å². The third-order valence-electron chi connectivity index (χ3n) is 5.64. The first kappa shape index (κ1) is 18.0. The number of nitrogens with one attached hydrogen (secondary N) is 1. The maximum atomic E-state index is 12.5. The zero-order chi connectivity index (χ0) is 18.6. The summed E-state index contributed by atoms with van der Waals surface area (Å²) in [6.45, 7) is 3.65. The summed E-state index contributed by atoms with van der Waals surface area (Å²) in [6, 6.07) is 14.4. The van der Waals surface area contributed by atoms with Gasteiger partial charge in [0.1, 0.15) is 0 Å². The van der Waals surface area contributed by atoms with Gasteiger partial charge in [0.2, 0.25) is 11.8 Å². The smallest absolute Gasteiger partial charge is 0.234 e. The Morgan fingerprint density at radius 1 is 1.04 bits per heavy atom. The van der Waals surface area contributed by atoms with Crippen LogP contribution in [0.4, 0.5) is 0 Å². The average Bonchev–Trinajstić information content (AvgIpc) is 3.01. The largest absolute Gasteiger partial charge is 0.350 e. The molecule has 2 aliphatic heterocycles. The lowest BCUT2D eigenvalue weighted by atomic mass is 10.0. The number of amides is 2. The quantitative estimate of drug-likeness (QED) is 0.886. The Morgan fingerprint density at radius 3 is 2.67 bits per heavy atom. The minimum Gasteiger partial charge on any atom is -0.350 e. The summed E-state index contributed by atoms with van der Waals surface area (Å²) in [5.41, 5.74) is 1.15. The van der Waals surface area contributed by atoms with Crippen molar-refractivity contribution in [2.45, 2.75) is 38.3 Å². The van der Waals surface area contributed by atoms with Gasteiger partial charge in [-0.25, -0.2) is 0 Å². The molecule has 0 saturated carbocycles. The average molecular weight is 365 g/mol. The van der Waals surface area contributed by atoms with E-state index in [9.17, 15) is 9.59 Å². The molecule has 2 aliphatic rings. The fourth-order valence-electron chi connectivity index (χ4n) is 4.25. The molecule has 2 heterocycles. The highest BCUT2D eigenvalue weighted by molar-refractivity contribution is 5.87. The Bertz CT molecular complexity index is 824. The molecule has 0 aliphatic carbocycles. The summed E-state index contributed by atoms with van der Waals surface area (Å²) in [6.07, 6.45) is 4.01. The SMILES string of the molecule is O=C(CN1CCCCC1)NC1CC(=O)N(Cc2cccc3ccccc23)C1. The zero-order valence-electron chi connectivity index (χ0n) is 15.7. The van der Waals surface area contributed by atoms with Crippen LogP contribution in [0.2, 0.25) is 0 Å². The van der Waals surface area contributed by atoms with E-state index in [4.69, 9.17) is 0 Å². The Hall–Kier alpha value is -2.40. The fraction of sp³-hybridized carbons (Fsp3) is 0.455. The molecule has 2 saturated heterocycles. The lowest BCUT2D eigenvalue weighted by Crippen LogP contribution is -2.44. The van der Waals surface area contributed by atoms with Crippen molar-refractivity contribution in [1.82, 2.24) is 15.1 Å². The number of carbonyl (C=O) groups excluding carboxylic acids is 2. The van der Waals surface area contributed by atoms with E-state index in [1.54, 1.807) is 0 Å². The van der Waals surface area contributed by atoms with Crippen molar-refractivity contribution in [3.8, 4) is 0 Å². The first-order valence-electron chi connectivity index (χ1n) is 9.95. The first-order valence-corrected chi connectivity index (χ1v) is 9.95. The van der Waals surface area contributed by atoms with E-state index in [2.05, 4.69) is 34.5 Å². The zero-order valence-corrected chi connectivity index (χ0v) is 15.7. The van der Waals surface area contributed by atoms with Gasteiger partial charge in [-0.1, -0.05) is 48.9 Å². The first-order chi connectivity index (χ1) is 13.2. The molecule has 2 aromatic carbocycles. The lowest BCUT2D eigenvalue weighted by molar-refractivity contribution is -0.128. The molecule has 142 valence electrons. The minimum absolute atomic E-state index is 0.0433. The predicted octanol–water partition coefficient (Wildman–Crippen LogP) is 2.54. The number of likely N-dealkylation sites (tertiary alicyclic amines) is 2. The highest BCUT2D eigenvalue weighted by Crippen LogP contribution is 2.22. The van der Waals surface area contributed by atoms with Crippen molar-refractivity contribution in [2.75, 3.05) is 26.2 Å². The Morgan fingerprint density at radius 2 is 1.81 bits per heavy atom. The van der Waals surface area contributed by atoms with E-state index in [1.807, 2.05) is 23.1 Å². The van der Waals surface area contributed by atoms with E-state index in [0.29, 0.717) is 26.1 Å². The molecule has 1 N–H and O–H groups in total. The molecular formula is C22H27N3O2. The van der Waals surface area contributed by atoms with Gasteiger partial charge in [-0.05, 0) is 42.3 Å². The molecule has 0 radical (unpaired) electrons. The number of carbonyl (C=O) groups is 2. The van der Waals surface area contributed by atoms with E-state index in [-0.39, 0.29) is 17.9 Å². The number of rotatable bonds is 5. The molecule has 0 aromatic heterocycles. The Kier molecular flexibility index (Phi) is 5.39. The van der Waals surface area contributed by atoms with Gasteiger partial charge >= 0.3 is 0 Å². The molecule has 2 aromatic rings. The van der Waals surface area contributed by atoms with Crippen LogP contribution in [-0.4, -0.2) is 53.8 Å². The van der Waals surface area contributed by atoms with Crippen molar-refractivity contribution in [3.05, 3.63) is 48.0 Å². The van der Waals surface area contributed by atoms with Gasteiger partial charge in [0, 0.05) is 19.5 Å². The van der Waals surface area contributed by atoms with Crippen LogP contribution in [0.5, 0.6) is 0 Å². The molecule has 0 bridgehead atoms. The topological polar surface area (TPSA) is 52.7 Å². The van der Waals surface area contributed by atoms with Gasteiger partial charge in [0.15, 0.2) is 0 Å². The molecular weight excluding hydrogens is 338 g/mol. The van der Waals surface area contributed by atoms with E-state index < -0.39 is 0 Å².